The predicted molar refractivity (Wildman–Crippen MR) is 88.4 cm³/mol. The van der Waals surface area contributed by atoms with Gasteiger partial charge in [-0.25, -0.2) is 0 Å². The number of rotatable bonds is 5. The van der Waals surface area contributed by atoms with Crippen molar-refractivity contribution >= 4 is 11.7 Å². The largest absolute Gasteiger partial charge is 0.305 e. The van der Waals surface area contributed by atoms with Crippen LogP contribution in [0, 0.1) is 6.92 Å². The lowest BCUT2D eigenvalue weighted by Gasteiger charge is -2.03. The molecule has 0 bridgehead atoms. The van der Waals surface area contributed by atoms with Gasteiger partial charge in [0, 0.05) is 25.0 Å². The molecule has 0 aliphatic rings. The summed E-state index contributed by atoms with van der Waals surface area (Å²) in [7, 11) is 0. The first-order chi connectivity index (χ1) is 11.1. The third-order valence-corrected chi connectivity index (χ3v) is 3.53. The van der Waals surface area contributed by atoms with E-state index >= 15 is 0 Å². The van der Waals surface area contributed by atoms with Gasteiger partial charge in [0.15, 0.2) is 5.82 Å². The molecule has 0 saturated carbocycles. The highest BCUT2D eigenvalue weighted by Gasteiger charge is 2.10. The van der Waals surface area contributed by atoms with Crippen LogP contribution in [0.15, 0.2) is 48.9 Å². The number of carbonyl (C=O) groups excluding carboxylic acids is 1. The molecule has 118 valence electrons. The lowest BCUT2D eigenvalue weighted by molar-refractivity contribution is 0.102. The van der Waals surface area contributed by atoms with Gasteiger partial charge in [0.05, 0.1) is 18.3 Å². The van der Waals surface area contributed by atoms with Crippen molar-refractivity contribution in [3.63, 3.8) is 0 Å². The Morgan fingerprint density at radius 2 is 2.13 bits per heavy atom. The molecule has 6 heteroatoms. The SMILES string of the molecule is CCn1cc(C(=O)Nc2ccn(Cc3cccc(C)c3)n2)cn1. The van der Waals surface area contributed by atoms with Gasteiger partial charge >= 0.3 is 0 Å². The molecule has 3 aromatic rings. The average Bonchev–Trinajstić information content (AvgIpc) is 3.16. The smallest absolute Gasteiger partial charge is 0.260 e. The number of anilines is 1. The maximum absolute atomic E-state index is 12.1. The Hall–Kier alpha value is -2.89. The molecule has 1 amide bonds. The van der Waals surface area contributed by atoms with Crippen molar-refractivity contribution < 1.29 is 4.79 Å². The van der Waals surface area contributed by atoms with E-state index in [-0.39, 0.29) is 5.91 Å². The second kappa shape index (κ2) is 6.48. The quantitative estimate of drug-likeness (QED) is 0.788. The maximum Gasteiger partial charge on any atom is 0.260 e. The fraction of sp³-hybridized carbons (Fsp3) is 0.235. The van der Waals surface area contributed by atoms with Crippen molar-refractivity contribution in [3.05, 3.63) is 65.6 Å². The minimum Gasteiger partial charge on any atom is -0.305 e. The highest BCUT2D eigenvalue weighted by atomic mass is 16.1. The van der Waals surface area contributed by atoms with E-state index in [4.69, 9.17) is 0 Å². The molecule has 2 heterocycles. The summed E-state index contributed by atoms with van der Waals surface area (Å²) in [6.45, 7) is 5.44. The number of hydrogen-bond acceptors (Lipinski definition) is 3. The molecule has 0 aliphatic carbocycles. The van der Waals surface area contributed by atoms with Gasteiger partial charge in [-0.2, -0.15) is 10.2 Å². The summed E-state index contributed by atoms with van der Waals surface area (Å²) in [5, 5.41) is 11.3. The highest BCUT2D eigenvalue weighted by Crippen LogP contribution is 2.10. The number of nitrogens with one attached hydrogen (secondary N) is 1. The van der Waals surface area contributed by atoms with Gasteiger partial charge in [0.2, 0.25) is 0 Å². The van der Waals surface area contributed by atoms with Gasteiger partial charge in [0.1, 0.15) is 0 Å². The first-order valence-corrected chi connectivity index (χ1v) is 7.57. The number of aryl methyl sites for hydroxylation is 2. The van der Waals surface area contributed by atoms with E-state index in [1.165, 1.54) is 11.1 Å². The van der Waals surface area contributed by atoms with Crippen LogP contribution in [-0.2, 0) is 13.1 Å². The van der Waals surface area contributed by atoms with E-state index in [1.54, 1.807) is 27.8 Å². The first-order valence-electron chi connectivity index (χ1n) is 7.57. The standard InChI is InChI=1S/C17H19N5O/c1-3-21-12-15(10-18-21)17(23)19-16-7-8-22(20-16)11-14-6-4-5-13(2)9-14/h4-10,12H,3,11H2,1-2H3,(H,19,20,23). The number of amides is 1. The van der Waals surface area contributed by atoms with Gasteiger partial charge in [-0.1, -0.05) is 29.8 Å². The van der Waals surface area contributed by atoms with Crippen molar-refractivity contribution in [2.45, 2.75) is 26.9 Å². The van der Waals surface area contributed by atoms with Crippen LogP contribution in [0.4, 0.5) is 5.82 Å². The molecule has 2 aromatic heterocycles. The Labute approximate surface area is 134 Å². The maximum atomic E-state index is 12.1. The topological polar surface area (TPSA) is 64.7 Å². The van der Waals surface area contributed by atoms with Crippen molar-refractivity contribution in [2.24, 2.45) is 0 Å². The van der Waals surface area contributed by atoms with E-state index in [2.05, 4.69) is 40.6 Å². The normalized spacial score (nSPS) is 10.7. The summed E-state index contributed by atoms with van der Waals surface area (Å²) in [5.74, 6) is 0.331. The average molecular weight is 309 g/mol. The molecule has 0 saturated heterocycles. The Morgan fingerprint density at radius 3 is 2.87 bits per heavy atom. The van der Waals surface area contributed by atoms with Crippen LogP contribution in [0.25, 0.3) is 0 Å². The second-order valence-corrected chi connectivity index (χ2v) is 5.43. The molecule has 1 N–H and O–H groups in total. The van der Waals surface area contributed by atoms with Crippen LogP contribution in [-0.4, -0.2) is 25.5 Å². The Kier molecular flexibility index (Phi) is 4.23. The summed E-state index contributed by atoms with van der Waals surface area (Å²) < 4.78 is 3.52. The molecule has 0 spiro atoms. The Balaban J connectivity index is 1.66. The number of benzene rings is 1. The van der Waals surface area contributed by atoms with Gasteiger partial charge in [-0.15, -0.1) is 0 Å². The number of aromatic nitrogens is 4. The first kappa shape index (κ1) is 15.0. The second-order valence-electron chi connectivity index (χ2n) is 5.43. The zero-order chi connectivity index (χ0) is 16.2. The zero-order valence-electron chi connectivity index (χ0n) is 13.2. The summed E-state index contributed by atoms with van der Waals surface area (Å²) in [4.78, 5) is 12.1. The van der Waals surface area contributed by atoms with Gasteiger partial charge in [-0.3, -0.25) is 14.2 Å². The van der Waals surface area contributed by atoms with Crippen molar-refractivity contribution in [2.75, 3.05) is 5.32 Å². The van der Waals surface area contributed by atoms with Crippen molar-refractivity contribution in [1.29, 1.82) is 0 Å². The van der Waals surface area contributed by atoms with Crippen LogP contribution >= 0.6 is 0 Å². The monoisotopic (exact) mass is 309 g/mol. The molecule has 3 rings (SSSR count). The number of nitrogens with zero attached hydrogens (tertiary/aromatic N) is 4. The van der Waals surface area contributed by atoms with Gasteiger partial charge in [0.25, 0.3) is 5.91 Å². The molecular formula is C17H19N5O. The minimum absolute atomic E-state index is 0.203. The van der Waals surface area contributed by atoms with Crippen LogP contribution in [0.3, 0.4) is 0 Å². The highest BCUT2D eigenvalue weighted by molar-refractivity contribution is 6.03. The van der Waals surface area contributed by atoms with Crippen LogP contribution in [0.1, 0.15) is 28.4 Å². The van der Waals surface area contributed by atoms with Crippen molar-refractivity contribution in [1.82, 2.24) is 19.6 Å². The van der Waals surface area contributed by atoms with Gasteiger partial charge in [-0.05, 0) is 19.4 Å². The molecule has 0 radical (unpaired) electrons. The summed E-state index contributed by atoms with van der Waals surface area (Å²) in [6, 6.07) is 10.1. The fourth-order valence-electron chi connectivity index (χ4n) is 2.36. The van der Waals surface area contributed by atoms with Crippen LogP contribution in [0.5, 0.6) is 0 Å². The Bertz CT molecular complexity index is 818. The van der Waals surface area contributed by atoms with Crippen LogP contribution < -0.4 is 5.32 Å². The number of carbonyl (C=O) groups is 1. The summed E-state index contributed by atoms with van der Waals surface area (Å²) >= 11 is 0. The third kappa shape index (κ3) is 3.66. The van der Waals surface area contributed by atoms with Crippen LogP contribution in [0.2, 0.25) is 0 Å². The molecule has 6 nitrogen and oxygen atoms in total. The van der Waals surface area contributed by atoms with E-state index in [0.29, 0.717) is 17.9 Å². The van der Waals surface area contributed by atoms with Gasteiger partial charge < -0.3 is 5.32 Å². The lowest BCUT2D eigenvalue weighted by Crippen LogP contribution is -2.12. The molecular weight excluding hydrogens is 290 g/mol. The molecule has 0 aliphatic heterocycles. The molecule has 0 atom stereocenters. The van der Waals surface area contributed by atoms with E-state index in [0.717, 1.165) is 6.54 Å². The van der Waals surface area contributed by atoms with E-state index in [1.807, 2.05) is 19.2 Å². The molecule has 0 fully saturated rings. The predicted octanol–water partition coefficient (Wildman–Crippen LogP) is 2.71. The summed E-state index contributed by atoms with van der Waals surface area (Å²) in [5.41, 5.74) is 2.92. The minimum atomic E-state index is -0.203. The lowest BCUT2D eigenvalue weighted by atomic mass is 10.1. The Morgan fingerprint density at radius 1 is 1.26 bits per heavy atom. The van der Waals surface area contributed by atoms with E-state index in [9.17, 15) is 4.79 Å². The molecule has 0 unspecified atom stereocenters. The number of hydrogen-bond donors (Lipinski definition) is 1. The van der Waals surface area contributed by atoms with E-state index < -0.39 is 0 Å². The fourth-order valence-corrected chi connectivity index (χ4v) is 2.36. The summed E-state index contributed by atoms with van der Waals surface area (Å²) in [6.07, 6.45) is 5.13. The zero-order valence-corrected chi connectivity index (χ0v) is 13.2. The third-order valence-electron chi connectivity index (χ3n) is 3.53. The molecule has 23 heavy (non-hydrogen) atoms. The van der Waals surface area contributed by atoms with Crippen molar-refractivity contribution in [3.8, 4) is 0 Å². The molecule has 1 aromatic carbocycles.